The van der Waals surface area contributed by atoms with Crippen LogP contribution in [-0.4, -0.2) is 86.2 Å². The monoisotopic (exact) mass is 252 g/mol. The summed E-state index contributed by atoms with van der Waals surface area (Å²) in [6.45, 7) is 12.8. The zero-order chi connectivity index (χ0) is 12.2. The average molecular weight is 252 g/mol. The van der Waals surface area contributed by atoms with Gasteiger partial charge in [-0.3, -0.25) is 9.80 Å². The molecule has 4 nitrogen and oxygen atoms in total. The van der Waals surface area contributed by atoms with Crippen molar-refractivity contribution in [1.29, 1.82) is 0 Å². The molecule has 0 aromatic heterocycles. The summed E-state index contributed by atoms with van der Waals surface area (Å²) < 4.78 is 0. The fourth-order valence-electron chi connectivity index (χ4n) is 3.67. The first-order valence-electron chi connectivity index (χ1n) is 7.81. The lowest BCUT2D eigenvalue weighted by molar-refractivity contribution is 0.0946. The summed E-state index contributed by atoms with van der Waals surface area (Å²) in [5, 5.41) is 3.48. The third-order valence-corrected chi connectivity index (χ3v) is 4.84. The minimum Gasteiger partial charge on any atom is -0.315 e. The summed E-state index contributed by atoms with van der Waals surface area (Å²) in [7, 11) is 0. The molecule has 0 bridgehead atoms. The van der Waals surface area contributed by atoms with E-state index in [1.807, 2.05) is 0 Å². The molecule has 3 aliphatic heterocycles. The third-order valence-electron chi connectivity index (χ3n) is 4.84. The van der Waals surface area contributed by atoms with Crippen LogP contribution in [0.15, 0.2) is 0 Å². The van der Waals surface area contributed by atoms with Crippen LogP contribution >= 0.6 is 0 Å². The Balaban J connectivity index is 1.40. The summed E-state index contributed by atoms with van der Waals surface area (Å²) >= 11 is 0. The van der Waals surface area contributed by atoms with Gasteiger partial charge in [0.25, 0.3) is 0 Å². The molecule has 3 fully saturated rings. The second-order valence-electron chi connectivity index (χ2n) is 6.08. The standard InChI is InChI=1S/C14H28N4/c1-3-14-13-17(11-12-18(14)7-1)10-9-16-6-2-4-15-5-8-16/h14-15H,1-13H2. The van der Waals surface area contributed by atoms with Crippen LogP contribution in [0.5, 0.6) is 0 Å². The van der Waals surface area contributed by atoms with Crippen molar-refractivity contribution in [3.63, 3.8) is 0 Å². The Kier molecular flexibility index (Phi) is 4.52. The molecule has 0 saturated carbocycles. The molecular weight excluding hydrogens is 224 g/mol. The molecule has 1 N–H and O–H groups in total. The summed E-state index contributed by atoms with van der Waals surface area (Å²) in [5.74, 6) is 0. The van der Waals surface area contributed by atoms with Crippen LogP contribution in [0, 0.1) is 0 Å². The summed E-state index contributed by atoms with van der Waals surface area (Å²) in [6, 6.07) is 0.879. The Morgan fingerprint density at radius 2 is 1.78 bits per heavy atom. The molecule has 3 rings (SSSR count). The predicted molar refractivity (Wildman–Crippen MR) is 75.0 cm³/mol. The topological polar surface area (TPSA) is 21.8 Å². The van der Waals surface area contributed by atoms with Gasteiger partial charge in [-0.2, -0.15) is 0 Å². The highest BCUT2D eigenvalue weighted by Crippen LogP contribution is 2.21. The number of fused-ring (bicyclic) bond motifs is 1. The molecule has 0 aromatic carbocycles. The van der Waals surface area contributed by atoms with Crippen LogP contribution in [0.1, 0.15) is 19.3 Å². The number of hydrogen-bond donors (Lipinski definition) is 1. The van der Waals surface area contributed by atoms with Crippen molar-refractivity contribution < 1.29 is 0 Å². The van der Waals surface area contributed by atoms with Crippen LogP contribution in [0.3, 0.4) is 0 Å². The summed E-state index contributed by atoms with van der Waals surface area (Å²) in [4.78, 5) is 8.04. The van der Waals surface area contributed by atoms with Crippen LogP contribution in [0.25, 0.3) is 0 Å². The van der Waals surface area contributed by atoms with Crippen LogP contribution in [0.2, 0.25) is 0 Å². The van der Waals surface area contributed by atoms with E-state index < -0.39 is 0 Å². The van der Waals surface area contributed by atoms with Gasteiger partial charge in [0, 0.05) is 51.9 Å². The van der Waals surface area contributed by atoms with Gasteiger partial charge in [-0.05, 0) is 38.9 Å². The van der Waals surface area contributed by atoms with E-state index >= 15 is 0 Å². The van der Waals surface area contributed by atoms with Gasteiger partial charge in [0.1, 0.15) is 0 Å². The molecule has 0 amide bonds. The van der Waals surface area contributed by atoms with Crippen LogP contribution in [0.4, 0.5) is 0 Å². The van der Waals surface area contributed by atoms with E-state index in [0.717, 1.165) is 6.04 Å². The van der Waals surface area contributed by atoms with Crippen LogP contribution < -0.4 is 5.32 Å². The molecule has 104 valence electrons. The first-order valence-corrected chi connectivity index (χ1v) is 7.81. The predicted octanol–water partition coefficient (Wildman–Crippen LogP) is 0.0617. The first kappa shape index (κ1) is 12.9. The van der Waals surface area contributed by atoms with Gasteiger partial charge in [0.05, 0.1) is 0 Å². The van der Waals surface area contributed by atoms with Crippen LogP contribution in [-0.2, 0) is 0 Å². The van der Waals surface area contributed by atoms with Crippen molar-refractivity contribution in [2.75, 3.05) is 65.4 Å². The molecule has 0 spiro atoms. The van der Waals surface area contributed by atoms with E-state index in [1.165, 1.54) is 84.7 Å². The Morgan fingerprint density at radius 1 is 0.833 bits per heavy atom. The Bertz CT molecular complexity index is 250. The summed E-state index contributed by atoms with van der Waals surface area (Å²) in [6.07, 6.45) is 4.18. The zero-order valence-corrected chi connectivity index (χ0v) is 11.6. The van der Waals surface area contributed by atoms with E-state index in [4.69, 9.17) is 0 Å². The number of rotatable bonds is 3. The van der Waals surface area contributed by atoms with E-state index in [1.54, 1.807) is 0 Å². The SMILES string of the molecule is C1CNCCN(CCN2CCN3CCCC3C2)C1. The van der Waals surface area contributed by atoms with Crippen molar-refractivity contribution in [3.05, 3.63) is 0 Å². The molecule has 4 heteroatoms. The van der Waals surface area contributed by atoms with Gasteiger partial charge >= 0.3 is 0 Å². The maximum atomic E-state index is 3.48. The number of nitrogens with zero attached hydrogens (tertiary/aromatic N) is 3. The molecule has 3 saturated heterocycles. The minimum absolute atomic E-state index is 0.879. The van der Waals surface area contributed by atoms with E-state index in [2.05, 4.69) is 20.0 Å². The van der Waals surface area contributed by atoms with Gasteiger partial charge in [0.15, 0.2) is 0 Å². The maximum absolute atomic E-state index is 3.48. The van der Waals surface area contributed by atoms with E-state index in [0.29, 0.717) is 0 Å². The minimum atomic E-state index is 0.879. The lowest BCUT2D eigenvalue weighted by Gasteiger charge is -2.38. The fraction of sp³-hybridized carbons (Fsp3) is 1.00. The largest absolute Gasteiger partial charge is 0.315 e. The second kappa shape index (κ2) is 6.33. The van der Waals surface area contributed by atoms with E-state index in [9.17, 15) is 0 Å². The number of piperazine rings is 1. The smallest absolute Gasteiger partial charge is 0.0224 e. The van der Waals surface area contributed by atoms with Gasteiger partial charge < -0.3 is 10.2 Å². The normalized spacial score (nSPS) is 32.3. The van der Waals surface area contributed by atoms with E-state index in [-0.39, 0.29) is 0 Å². The molecule has 1 atom stereocenters. The average Bonchev–Trinajstić information content (AvgIpc) is 2.70. The highest BCUT2D eigenvalue weighted by molar-refractivity contribution is 4.87. The third kappa shape index (κ3) is 3.23. The van der Waals surface area contributed by atoms with Crippen molar-refractivity contribution >= 4 is 0 Å². The highest BCUT2D eigenvalue weighted by Gasteiger charge is 2.30. The van der Waals surface area contributed by atoms with Crippen molar-refractivity contribution in [3.8, 4) is 0 Å². The first-order chi connectivity index (χ1) is 8.92. The molecule has 18 heavy (non-hydrogen) atoms. The molecule has 0 radical (unpaired) electrons. The van der Waals surface area contributed by atoms with Crippen molar-refractivity contribution in [1.82, 2.24) is 20.0 Å². The molecular formula is C14H28N4. The second-order valence-corrected chi connectivity index (χ2v) is 6.08. The zero-order valence-electron chi connectivity index (χ0n) is 11.6. The number of nitrogens with one attached hydrogen (secondary N) is 1. The van der Waals surface area contributed by atoms with Gasteiger partial charge in [-0.1, -0.05) is 0 Å². The maximum Gasteiger partial charge on any atom is 0.0224 e. The molecule has 0 aliphatic carbocycles. The quantitative estimate of drug-likeness (QED) is 0.767. The molecule has 3 aliphatic rings. The number of hydrogen-bond acceptors (Lipinski definition) is 4. The van der Waals surface area contributed by atoms with Gasteiger partial charge in [0.2, 0.25) is 0 Å². The molecule has 1 unspecified atom stereocenters. The highest BCUT2D eigenvalue weighted by atomic mass is 15.3. The Labute approximate surface area is 111 Å². The Morgan fingerprint density at radius 3 is 2.78 bits per heavy atom. The van der Waals surface area contributed by atoms with Crippen molar-refractivity contribution in [2.45, 2.75) is 25.3 Å². The molecule has 0 aromatic rings. The lowest BCUT2D eigenvalue weighted by atomic mass is 10.1. The fourth-order valence-corrected chi connectivity index (χ4v) is 3.67. The van der Waals surface area contributed by atoms with Gasteiger partial charge in [-0.15, -0.1) is 0 Å². The summed E-state index contributed by atoms with van der Waals surface area (Å²) in [5.41, 5.74) is 0. The Hall–Kier alpha value is -0.160. The molecule has 3 heterocycles. The van der Waals surface area contributed by atoms with Gasteiger partial charge in [-0.25, -0.2) is 0 Å². The lowest BCUT2D eigenvalue weighted by Crippen LogP contribution is -2.51. The van der Waals surface area contributed by atoms with Crippen molar-refractivity contribution in [2.24, 2.45) is 0 Å².